The van der Waals surface area contributed by atoms with Crippen LogP contribution in [0, 0.1) is 6.92 Å². The third kappa shape index (κ3) is 1.40. The molecule has 13 heavy (non-hydrogen) atoms. The summed E-state index contributed by atoms with van der Waals surface area (Å²) in [5.74, 6) is 0.275. The first-order valence-electron chi connectivity index (χ1n) is 4.07. The molecule has 0 bridgehead atoms. The Hall–Kier alpha value is -1.77. The molecule has 2 N–H and O–H groups in total. The van der Waals surface area contributed by atoms with E-state index in [1.807, 2.05) is 19.1 Å². The zero-order chi connectivity index (χ0) is 9.26. The van der Waals surface area contributed by atoms with Gasteiger partial charge in [0.25, 0.3) is 0 Å². The number of hydrogen-bond acceptors (Lipinski definition) is 2. The summed E-state index contributed by atoms with van der Waals surface area (Å²) in [6.07, 6.45) is 1.66. The molecular weight excluding hydrogens is 164 g/mol. The number of hydrogen-bond donors (Lipinski definition) is 2. The Morgan fingerprint density at radius 1 is 1.23 bits per heavy atom. The lowest BCUT2D eigenvalue weighted by atomic mass is 10.1. The lowest BCUT2D eigenvalue weighted by Crippen LogP contribution is -1.80. The smallest absolute Gasteiger partial charge is 0.115 e. The molecule has 2 aromatic rings. The lowest BCUT2D eigenvalue weighted by molar-refractivity contribution is 0.475. The number of nitrogens with one attached hydrogen (secondary N) is 1. The van der Waals surface area contributed by atoms with Crippen LogP contribution in [0.3, 0.4) is 0 Å². The zero-order valence-corrected chi connectivity index (χ0v) is 7.28. The predicted octanol–water partition coefficient (Wildman–Crippen LogP) is 2.09. The number of imidazole rings is 1. The maximum Gasteiger partial charge on any atom is 0.115 e. The summed E-state index contributed by atoms with van der Waals surface area (Å²) in [6, 6.07) is 7.00. The SMILES string of the molecule is Cc1[nH]cnc1-c1ccc(O)cc1. The van der Waals surface area contributed by atoms with Crippen molar-refractivity contribution in [2.75, 3.05) is 0 Å². The van der Waals surface area contributed by atoms with E-state index in [4.69, 9.17) is 5.11 Å². The topological polar surface area (TPSA) is 48.9 Å². The number of aryl methyl sites for hydroxylation is 1. The van der Waals surface area contributed by atoms with Crippen LogP contribution < -0.4 is 0 Å². The van der Waals surface area contributed by atoms with Gasteiger partial charge in [-0.05, 0) is 31.2 Å². The van der Waals surface area contributed by atoms with E-state index in [1.54, 1.807) is 18.5 Å². The van der Waals surface area contributed by atoms with E-state index < -0.39 is 0 Å². The molecule has 2 rings (SSSR count). The van der Waals surface area contributed by atoms with Crippen LogP contribution in [0.1, 0.15) is 5.69 Å². The monoisotopic (exact) mass is 174 g/mol. The molecule has 66 valence electrons. The van der Waals surface area contributed by atoms with Crippen molar-refractivity contribution in [2.45, 2.75) is 6.92 Å². The molecular formula is C10H10N2O. The van der Waals surface area contributed by atoms with Gasteiger partial charge in [0.1, 0.15) is 5.75 Å². The first-order valence-corrected chi connectivity index (χ1v) is 4.07. The van der Waals surface area contributed by atoms with E-state index in [1.165, 1.54) is 0 Å². The van der Waals surface area contributed by atoms with Gasteiger partial charge in [-0.25, -0.2) is 4.98 Å². The highest BCUT2D eigenvalue weighted by atomic mass is 16.3. The van der Waals surface area contributed by atoms with Gasteiger partial charge in [-0.3, -0.25) is 0 Å². The standard InChI is InChI=1S/C10H10N2O/c1-7-10(12-6-11-7)8-2-4-9(13)5-3-8/h2-6,13H,1H3,(H,11,12). The normalized spacial score (nSPS) is 10.2. The summed E-state index contributed by atoms with van der Waals surface area (Å²) >= 11 is 0. The van der Waals surface area contributed by atoms with Crippen LogP contribution in [0.15, 0.2) is 30.6 Å². The number of phenols is 1. The lowest BCUT2D eigenvalue weighted by Gasteiger charge is -1.98. The first-order chi connectivity index (χ1) is 6.27. The Bertz CT molecular complexity index is 403. The van der Waals surface area contributed by atoms with Gasteiger partial charge in [0.15, 0.2) is 0 Å². The quantitative estimate of drug-likeness (QED) is 0.695. The number of rotatable bonds is 1. The average Bonchev–Trinajstić information content (AvgIpc) is 2.53. The van der Waals surface area contributed by atoms with Crippen LogP contribution in [0.25, 0.3) is 11.3 Å². The Morgan fingerprint density at radius 3 is 2.46 bits per heavy atom. The molecule has 0 saturated heterocycles. The van der Waals surface area contributed by atoms with E-state index >= 15 is 0 Å². The van der Waals surface area contributed by atoms with Gasteiger partial charge in [-0.1, -0.05) is 0 Å². The summed E-state index contributed by atoms with van der Waals surface area (Å²) in [6.45, 7) is 1.97. The Labute approximate surface area is 76.1 Å². The summed E-state index contributed by atoms with van der Waals surface area (Å²) in [5, 5.41) is 9.10. The van der Waals surface area contributed by atoms with Crippen molar-refractivity contribution in [3.05, 3.63) is 36.3 Å². The minimum atomic E-state index is 0.275. The molecule has 0 atom stereocenters. The van der Waals surface area contributed by atoms with E-state index in [2.05, 4.69) is 9.97 Å². The molecule has 0 amide bonds. The molecule has 0 fully saturated rings. The molecule has 0 saturated carbocycles. The molecule has 0 aliphatic rings. The summed E-state index contributed by atoms with van der Waals surface area (Å²) in [7, 11) is 0. The van der Waals surface area contributed by atoms with Gasteiger partial charge in [-0.15, -0.1) is 0 Å². The highest BCUT2D eigenvalue weighted by Crippen LogP contribution is 2.21. The minimum Gasteiger partial charge on any atom is -0.508 e. The van der Waals surface area contributed by atoms with E-state index in [0.717, 1.165) is 17.0 Å². The van der Waals surface area contributed by atoms with Gasteiger partial charge in [0, 0.05) is 11.3 Å². The molecule has 1 aromatic carbocycles. The molecule has 0 aliphatic carbocycles. The van der Waals surface area contributed by atoms with Crippen molar-refractivity contribution in [3.8, 4) is 17.0 Å². The van der Waals surface area contributed by atoms with Crippen LogP contribution in [-0.4, -0.2) is 15.1 Å². The number of phenolic OH excluding ortho intramolecular Hbond substituents is 1. The number of aromatic hydroxyl groups is 1. The maximum atomic E-state index is 9.10. The molecule has 0 aliphatic heterocycles. The Kier molecular flexibility index (Phi) is 1.77. The van der Waals surface area contributed by atoms with Crippen LogP contribution in [-0.2, 0) is 0 Å². The average molecular weight is 174 g/mol. The maximum absolute atomic E-state index is 9.10. The van der Waals surface area contributed by atoms with Crippen LogP contribution >= 0.6 is 0 Å². The van der Waals surface area contributed by atoms with Crippen LogP contribution in [0.5, 0.6) is 5.75 Å². The second-order valence-corrected chi connectivity index (χ2v) is 2.92. The molecule has 0 radical (unpaired) electrons. The molecule has 3 nitrogen and oxygen atoms in total. The highest BCUT2D eigenvalue weighted by Gasteiger charge is 2.02. The fraction of sp³-hybridized carbons (Fsp3) is 0.100. The minimum absolute atomic E-state index is 0.275. The Balaban J connectivity index is 2.47. The van der Waals surface area contributed by atoms with Gasteiger partial charge >= 0.3 is 0 Å². The van der Waals surface area contributed by atoms with Crippen molar-refractivity contribution < 1.29 is 5.11 Å². The first kappa shape index (κ1) is 7.86. The van der Waals surface area contributed by atoms with Gasteiger partial charge in [-0.2, -0.15) is 0 Å². The van der Waals surface area contributed by atoms with Crippen molar-refractivity contribution in [1.29, 1.82) is 0 Å². The number of nitrogens with zero attached hydrogens (tertiary/aromatic N) is 1. The number of H-pyrrole nitrogens is 1. The summed E-state index contributed by atoms with van der Waals surface area (Å²) < 4.78 is 0. The van der Waals surface area contributed by atoms with Crippen molar-refractivity contribution in [3.63, 3.8) is 0 Å². The predicted molar refractivity (Wildman–Crippen MR) is 50.4 cm³/mol. The fourth-order valence-electron chi connectivity index (χ4n) is 1.27. The Morgan fingerprint density at radius 2 is 1.92 bits per heavy atom. The summed E-state index contributed by atoms with van der Waals surface area (Å²) in [5.41, 5.74) is 2.97. The molecule has 0 spiro atoms. The summed E-state index contributed by atoms with van der Waals surface area (Å²) in [4.78, 5) is 7.19. The molecule has 0 unspecified atom stereocenters. The second-order valence-electron chi connectivity index (χ2n) is 2.92. The molecule has 1 aromatic heterocycles. The third-order valence-electron chi connectivity index (χ3n) is 1.97. The zero-order valence-electron chi connectivity index (χ0n) is 7.28. The van der Waals surface area contributed by atoms with E-state index in [0.29, 0.717) is 0 Å². The van der Waals surface area contributed by atoms with E-state index in [-0.39, 0.29) is 5.75 Å². The third-order valence-corrected chi connectivity index (χ3v) is 1.97. The van der Waals surface area contributed by atoms with Crippen molar-refractivity contribution in [2.24, 2.45) is 0 Å². The number of benzene rings is 1. The van der Waals surface area contributed by atoms with Gasteiger partial charge < -0.3 is 10.1 Å². The van der Waals surface area contributed by atoms with E-state index in [9.17, 15) is 0 Å². The largest absolute Gasteiger partial charge is 0.508 e. The molecule has 1 heterocycles. The van der Waals surface area contributed by atoms with Crippen LogP contribution in [0.4, 0.5) is 0 Å². The highest BCUT2D eigenvalue weighted by molar-refractivity contribution is 5.62. The van der Waals surface area contributed by atoms with Gasteiger partial charge in [0.2, 0.25) is 0 Å². The van der Waals surface area contributed by atoms with Crippen molar-refractivity contribution in [1.82, 2.24) is 9.97 Å². The molecule has 3 heteroatoms. The van der Waals surface area contributed by atoms with Gasteiger partial charge in [0.05, 0.1) is 12.0 Å². The fourth-order valence-corrected chi connectivity index (χ4v) is 1.27. The number of aromatic amines is 1. The number of aromatic nitrogens is 2. The van der Waals surface area contributed by atoms with Crippen molar-refractivity contribution >= 4 is 0 Å². The second kappa shape index (κ2) is 2.94. The van der Waals surface area contributed by atoms with Crippen LogP contribution in [0.2, 0.25) is 0 Å².